The Morgan fingerprint density at radius 2 is 1.75 bits per heavy atom. The highest BCUT2D eigenvalue weighted by atomic mass is 16.5. The number of benzene rings is 2. The molecule has 0 aliphatic heterocycles. The molecule has 2 aromatic carbocycles. The Morgan fingerprint density at radius 1 is 1.07 bits per heavy atom. The SMILES string of the molecule is Cc1onc(-c2ccccc2)c1C(=O)N/N=C\c1cn[nH]c1-c1ccccc1. The van der Waals surface area contributed by atoms with Gasteiger partial charge in [-0.1, -0.05) is 65.8 Å². The first-order valence-corrected chi connectivity index (χ1v) is 8.68. The molecule has 4 aromatic rings. The minimum Gasteiger partial charge on any atom is -0.360 e. The molecule has 2 heterocycles. The van der Waals surface area contributed by atoms with Crippen molar-refractivity contribution in [3.63, 3.8) is 0 Å². The van der Waals surface area contributed by atoms with Crippen LogP contribution in [0.5, 0.6) is 0 Å². The smallest absolute Gasteiger partial charge is 0.277 e. The molecule has 0 fully saturated rings. The lowest BCUT2D eigenvalue weighted by molar-refractivity contribution is 0.0954. The summed E-state index contributed by atoms with van der Waals surface area (Å²) >= 11 is 0. The van der Waals surface area contributed by atoms with Crippen molar-refractivity contribution in [1.29, 1.82) is 0 Å². The molecule has 0 spiro atoms. The van der Waals surface area contributed by atoms with Crippen molar-refractivity contribution in [1.82, 2.24) is 20.8 Å². The van der Waals surface area contributed by atoms with Gasteiger partial charge in [0.1, 0.15) is 17.0 Å². The first kappa shape index (κ1) is 17.4. The molecule has 7 nitrogen and oxygen atoms in total. The summed E-state index contributed by atoms with van der Waals surface area (Å²) in [6.07, 6.45) is 3.20. The lowest BCUT2D eigenvalue weighted by atomic mass is 10.1. The number of H-pyrrole nitrogens is 1. The van der Waals surface area contributed by atoms with Gasteiger partial charge in [-0.2, -0.15) is 10.2 Å². The van der Waals surface area contributed by atoms with Crippen molar-refractivity contribution in [3.05, 3.63) is 83.7 Å². The second-order valence-corrected chi connectivity index (χ2v) is 6.09. The summed E-state index contributed by atoms with van der Waals surface area (Å²) in [6.45, 7) is 1.70. The Hall–Kier alpha value is -4.00. The van der Waals surface area contributed by atoms with Crippen molar-refractivity contribution in [2.24, 2.45) is 5.10 Å². The number of aryl methyl sites for hydroxylation is 1. The molecule has 0 saturated heterocycles. The predicted molar refractivity (Wildman–Crippen MR) is 106 cm³/mol. The van der Waals surface area contributed by atoms with E-state index in [0.29, 0.717) is 17.0 Å². The molecule has 0 aliphatic rings. The second kappa shape index (κ2) is 7.71. The van der Waals surface area contributed by atoms with E-state index >= 15 is 0 Å². The third-order valence-corrected chi connectivity index (χ3v) is 4.24. The van der Waals surface area contributed by atoms with E-state index in [1.54, 1.807) is 19.3 Å². The molecular weight excluding hydrogens is 354 g/mol. The molecule has 0 atom stereocenters. The highest BCUT2D eigenvalue weighted by Crippen LogP contribution is 2.25. The van der Waals surface area contributed by atoms with Gasteiger partial charge in [-0.05, 0) is 6.92 Å². The number of nitrogens with zero attached hydrogens (tertiary/aromatic N) is 3. The number of hydrogen-bond acceptors (Lipinski definition) is 5. The van der Waals surface area contributed by atoms with Crippen LogP contribution in [-0.4, -0.2) is 27.5 Å². The molecule has 1 amide bonds. The summed E-state index contributed by atoms with van der Waals surface area (Å²) in [4.78, 5) is 12.7. The normalized spacial score (nSPS) is 11.0. The zero-order chi connectivity index (χ0) is 19.3. The summed E-state index contributed by atoms with van der Waals surface area (Å²) < 4.78 is 5.22. The largest absolute Gasteiger partial charge is 0.360 e. The number of rotatable bonds is 5. The highest BCUT2D eigenvalue weighted by Gasteiger charge is 2.21. The number of hydrogen-bond donors (Lipinski definition) is 2. The van der Waals surface area contributed by atoms with E-state index in [0.717, 1.165) is 22.4 Å². The summed E-state index contributed by atoms with van der Waals surface area (Å²) in [6, 6.07) is 19.2. The van der Waals surface area contributed by atoms with E-state index in [-0.39, 0.29) is 0 Å². The lowest BCUT2D eigenvalue weighted by Crippen LogP contribution is -2.18. The van der Waals surface area contributed by atoms with Crippen LogP contribution in [0.3, 0.4) is 0 Å². The van der Waals surface area contributed by atoms with Crippen LogP contribution in [-0.2, 0) is 0 Å². The van der Waals surface area contributed by atoms with Crippen molar-refractivity contribution < 1.29 is 9.32 Å². The summed E-state index contributed by atoms with van der Waals surface area (Å²) in [7, 11) is 0. The third-order valence-electron chi connectivity index (χ3n) is 4.24. The van der Waals surface area contributed by atoms with Crippen molar-refractivity contribution in [2.45, 2.75) is 6.92 Å². The maximum Gasteiger partial charge on any atom is 0.277 e. The lowest BCUT2D eigenvalue weighted by Gasteiger charge is -2.02. The first-order valence-electron chi connectivity index (χ1n) is 8.68. The number of aromatic nitrogens is 3. The molecule has 0 unspecified atom stereocenters. The molecule has 138 valence electrons. The number of nitrogens with one attached hydrogen (secondary N) is 2. The van der Waals surface area contributed by atoms with Crippen LogP contribution in [0.15, 0.2) is 76.5 Å². The molecule has 4 rings (SSSR count). The van der Waals surface area contributed by atoms with E-state index < -0.39 is 5.91 Å². The topological polar surface area (TPSA) is 96.2 Å². The fourth-order valence-corrected chi connectivity index (χ4v) is 2.88. The molecule has 2 aromatic heterocycles. The van der Waals surface area contributed by atoms with Crippen LogP contribution in [0.2, 0.25) is 0 Å². The Kier molecular flexibility index (Phi) is 4.79. The third kappa shape index (κ3) is 3.45. The van der Waals surface area contributed by atoms with Gasteiger partial charge < -0.3 is 4.52 Å². The molecule has 0 aliphatic carbocycles. The van der Waals surface area contributed by atoms with E-state index in [2.05, 4.69) is 25.9 Å². The maximum atomic E-state index is 12.7. The van der Waals surface area contributed by atoms with Crippen LogP contribution < -0.4 is 5.43 Å². The fraction of sp³-hybridized carbons (Fsp3) is 0.0476. The molecule has 0 radical (unpaired) electrons. The van der Waals surface area contributed by atoms with E-state index in [9.17, 15) is 4.79 Å². The minimum absolute atomic E-state index is 0.360. The number of aromatic amines is 1. The van der Waals surface area contributed by atoms with Gasteiger partial charge in [0.2, 0.25) is 0 Å². The second-order valence-electron chi connectivity index (χ2n) is 6.09. The number of amides is 1. The van der Waals surface area contributed by atoms with Gasteiger partial charge >= 0.3 is 0 Å². The van der Waals surface area contributed by atoms with Gasteiger partial charge in [-0.25, -0.2) is 5.43 Å². The molecular formula is C21H17N5O2. The van der Waals surface area contributed by atoms with Gasteiger partial charge in [-0.3, -0.25) is 9.89 Å². The van der Waals surface area contributed by atoms with Crippen LogP contribution in [0.4, 0.5) is 0 Å². The van der Waals surface area contributed by atoms with E-state index in [1.807, 2.05) is 60.7 Å². The molecule has 2 N–H and O–H groups in total. The Bertz CT molecular complexity index is 1110. The summed E-state index contributed by atoms with van der Waals surface area (Å²) in [5, 5.41) is 15.1. The average molecular weight is 371 g/mol. The Labute approximate surface area is 161 Å². The monoisotopic (exact) mass is 371 g/mol. The molecule has 0 bridgehead atoms. The van der Waals surface area contributed by atoms with Gasteiger partial charge in [0.05, 0.1) is 18.1 Å². The number of carbonyl (C=O) groups is 1. The van der Waals surface area contributed by atoms with Crippen LogP contribution >= 0.6 is 0 Å². The maximum absolute atomic E-state index is 12.7. The Balaban J connectivity index is 1.54. The van der Waals surface area contributed by atoms with Crippen molar-refractivity contribution >= 4 is 12.1 Å². The van der Waals surface area contributed by atoms with Crippen molar-refractivity contribution in [2.75, 3.05) is 0 Å². The molecule has 28 heavy (non-hydrogen) atoms. The molecule has 0 saturated carbocycles. The fourth-order valence-electron chi connectivity index (χ4n) is 2.88. The van der Waals surface area contributed by atoms with E-state index in [1.165, 1.54) is 0 Å². The summed E-state index contributed by atoms with van der Waals surface area (Å²) in [5.41, 5.74) is 6.75. The van der Waals surface area contributed by atoms with Crippen LogP contribution in [0.1, 0.15) is 21.7 Å². The van der Waals surface area contributed by atoms with Crippen LogP contribution in [0.25, 0.3) is 22.5 Å². The highest BCUT2D eigenvalue weighted by molar-refractivity contribution is 6.01. The zero-order valence-electron chi connectivity index (χ0n) is 15.1. The predicted octanol–water partition coefficient (Wildman–Crippen LogP) is 3.80. The Morgan fingerprint density at radius 3 is 2.46 bits per heavy atom. The standard InChI is InChI=1S/C21H17N5O2/c1-14-18(20(26-28-14)16-10-6-3-7-11-16)21(27)25-23-13-17-12-22-24-19(17)15-8-4-2-5-9-15/h2-13H,1H3,(H,22,24)(H,25,27)/b23-13-. The van der Waals surface area contributed by atoms with Gasteiger partial charge in [-0.15, -0.1) is 0 Å². The van der Waals surface area contributed by atoms with Crippen LogP contribution in [0, 0.1) is 6.92 Å². The summed E-state index contributed by atoms with van der Waals surface area (Å²) in [5.74, 6) is 0.0402. The number of hydrazone groups is 1. The van der Waals surface area contributed by atoms with Gasteiger partial charge in [0.15, 0.2) is 0 Å². The zero-order valence-corrected chi connectivity index (χ0v) is 15.1. The van der Waals surface area contributed by atoms with Crippen molar-refractivity contribution in [3.8, 4) is 22.5 Å². The quantitative estimate of drug-likeness (QED) is 0.412. The first-order chi connectivity index (χ1) is 13.7. The average Bonchev–Trinajstić information content (AvgIpc) is 3.36. The van der Waals surface area contributed by atoms with E-state index in [4.69, 9.17) is 4.52 Å². The number of carbonyl (C=O) groups excluding carboxylic acids is 1. The minimum atomic E-state index is -0.390. The van der Waals surface area contributed by atoms with Gasteiger partial charge in [0, 0.05) is 16.7 Å². The van der Waals surface area contributed by atoms with Gasteiger partial charge in [0.25, 0.3) is 5.91 Å². The molecule has 7 heteroatoms.